The van der Waals surface area contributed by atoms with Crippen LogP contribution in [0.5, 0.6) is 0 Å². The number of carbonyl (C=O) groups is 2. The molecule has 1 atom stereocenters. The first-order valence-corrected chi connectivity index (χ1v) is 7.62. The van der Waals surface area contributed by atoms with Crippen LogP contribution in [0, 0.1) is 5.41 Å². The average molecular weight is 285 g/mol. The van der Waals surface area contributed by atoms with Crippen LogP contribution >= 0.6 is 0 Å². The molecule has 1 rings (SSSR count). The summed E-state index contributed by atoms with van der Waals surface area (Å²) >= 11 is 0. The Morgan fingerprint density at radius 1 is 1.20 bits per heavy atom. The number of carbonyl (C=O) groups excluding carboxylic acids is 1. The summed E-state index contributed by atoms with van der Waals surface area (Å²) in [5.74, 6) is -0.622. The molecule has 1 amide bonds. The zero-order valence-electron chi connectivity index (χ0n) is 12.5. The standard InChI is InChI=1S/C15H27NO4/c1-15(9-7-11-20-12-15)14(19)16-10-6-4-2-3-5-8-13(17)18/h2-12H2,1H3,(H,16,19)(H,17,18). The van der Waals surface area contributed by atoms with Gasteiger partial charge in [-0.05, 0) is 32.6 Å². The number of carboxylic acid groups (broad SMARTS) is 1. The van der Waals surface area contributed by atoms with Gasteiger partial charge in [0.05, 0.1) is 12.0 Å². The first kappa shape index (κ1) is 17.0. The Balaban J connectivity index is 2.00. The zero-order valence-corrected chi connectivity index (χ0v) is 12.5. The molecule has 5 heteroatoms. The number of amides is 1. The molecule has 1 saturated heterocycles. The fourth-order valence-electron chi connectivity index (χ4n) is 2.46. The lowest BCUT2D eigenvalue weighted by Gasteiger charge is -2.31. The van der Waals surface area contributed by atoms with E-state index in [9.17, 15) is 9.59 Å². The molecule has 0 aromatic rings. The van der Waals surface area contributed by atoms with Crippen molar-refractivity contribution in [2.24, 2.45) is 5.41 Å². The van der Waals surface area contributed by atoms with Crippen molar-refractivity contribution in [3.05, 3.63) is 0 Å². The third-order valence-corrected chi connectivity index (χ3v) is 3.84. The van der Waals surface area contributed by atoms with Crippen molar-refractivity contribution < 1.29 is 19.4 Å². The van der Waals surface area contributed by atoms with Gasteiger partial charge in [0.25, 0.3) is 0 Å². The fourth-order valence-corrected chi connectivity index (χ4v) is 2.46. The van der Waals surface area contributed by atoms with Gasteiger partial charge in [-0.3, -0.25) is 9.59 Å². The molecule has 0 spiro atoms. The highest BCUT2D eigenvalue weighted by Crippen LogP contribution is 2.27. The highest BCUT2D eigenvalue weighted by Gasteiger charge is 2.35. The smallest absolute Gasteiger partial charge is 0.303 e. The van der Waals surface area contributed by atoms with Crippen LogP contribution in [0.25, 0.3) is 0 Å². The van der Waals surface area contributed by atoms with Crippen LogP contribution in [0.3, 0.4) is 0 Å². The van der Waals surface area contributed by atoms with Gasteiger partial charge in [-0.1, -0.05) is 19.3 Å². The number of hydrogen-bond donors (Lipinski definition) is 2. The van der Waals surface area contributed by atoms with E-state index in [1.54, 1.807) is 0 Å². The number of ether oxygens (including phenoxy) is 1. The first-order valence-electron chi connectivity index (χ1n) is 7.62. The predicted octanol–water partition coefficient (Wildman–Crippen LogP) is 2.34. The van der Waals surface area contributed by atoms with E-state index in [1.165, 1.54) is 0 Å². The van der Waals surface area contributed by atoms with Gasteiger partial charge in [-0.2, -0.15) is 0 Å². The SMILES string of the molecule is CC1(C(=O)NCCCCCCCC(=O)O)CCCOC1. The minimum Gasteiger partial charge on any atom is -0.481 e. The number of carboxylic acids is 1. The summed E-state index contributed by atoms with van der Waals surface area (Å²) in [6.07, 6.45) is 6.83. The number of nitrogens with one attached hydrogen (secondary N) is 1. The molecule has 0 aromatic carbocycles. The fraction of sp³-hybridized carbons (Fsp3) is 0.867. The lowest BCUT2D eigenvalue weighted by Crippen LogP contribution is -2.44. The van der Waals surface area contributed by atoms with E-state index in [-0.39, 0.29) is 17.7 Å². The van der Waals surface area contributed by atoms with Crippen LogP contribution in [0.2, 0.25) is 0 Å². The van der Waals surface area contributed by atoms with E-state index in [2.05, 4.69) is 5.32 Å². The van der Waals surface area contributed by atoms with Crippen molar-refractivity contribution in [1.82, 2.24) is 5.32 Å². The Labute approximate surface area is 121 Å². The summed E-state index contributed by atoms with van der Waals surface area (Å²) in [5, 5.41) is 11.5. The van der Waals surface area contributed by atoms with Gasteiger partial charge in [-0.15, -0.1) is 0 Å². The summed E-state index contributed by atoms with van der Waals surface area (Å²) in [7, 11) is 0. The third-order valence-electron chi connectivity index (χ3n) is 3.84. The maximum atomic E-state index is 12.1. The predicted molar refractivity (Wildman–Crippen MR) is 76.5 cm³/mol. The normalized spacial score (nSPS) is 22.4. The van der Waals surface area contributed by atoms with Gasteiger partial charge in [0.1, 0.15) is 0 Å². The Hall–Kier alpha value is -1.10. The molecule has 1 aliphatic rings. The first-order chi connectivity index (χ1) is 9.54. The molecule has 0 aromatic heterocycles. The summed E-state index contributed by atoms with van der Waals surface area (Å²) in [6.45, 7) is 3.95. The molecule has 1 heterocycles. The van der Waals surface area contributed by atoms with Crippen molar-refractivity contribution >= 4 is 11.9 Å². The van der Waals surface area contributed by atoms with E-state index >= 15 is 0 Å². The number of hydrogen-bond acceptors (Lipinski definition) is 3. The van der Waals surface area contributed by atoms with Gasteiger partial charge in [0.2, 0.25) is 5.91 Å². The quantitative estimate of drug-likeness (QED) is 0.638. The molecule has 2 N–H and O–H groups in total. The molecule has 1 aliphatic heterocycles. The van der Waals surface area contributed by atoms with Crippen LogP contribution in [-0.2, 0) is 14.3 Å². The lowest BCUT2D eigenvalue weighted by molar-refractivity contribution is -0.138. The second kappa shape index (κ2) is 8.95. The van der Waals surface area contributed by atoms with Gasteiger partial charge in [0, 0.05) is 19.6 Å². The molecule has 0 saturated carbocycles. The summed E-state index contributed by atoms with van der Waals surface area (Å²) in [6, 6.07) is 0. The topological polar surface area (TPSA) is 75.6 Å². The van der Waals surface area contributed by atoms with Crippen molar-refractivity contribution in [3.63, 3.8) is 0 Å². The Kier molecular flexibility index (Phi) is 7.59. The number of aliphatic carboxylic acids is 1. The van der Waals surface area contributed by atoms with Crippen LogP contribution in [0.1, 0.15) is 58.3 Å². The highest BCUT2D eigenvalue weighted by atomic mass is 16.5. The average Bonchev–Trinajstić information content (AvgIpc) is 2.42. The number of rotatable bonds is 9. The Morgan fingerprint density at radius 3 is 2.55 bits per heavy atom. The Morgan fingerprint density at radius 2 is 1.90 bits per heavy atom. The molecule has 20 heavy (non-hydrogen) atoms. The highest BCUT2D eigenvalue weighted by molar-refractivity contribution is 5.82. The van der Waals surface area contributed by atoms with Crippen LogP contribution in [0.15, 0.2) is 0 Å². The number of unbranched alkanes of at least 4 members (excludes halogenated alkanes) is 4. The van der Waals surface area contributed by atoms with E-state index in [4.69, 9.17) is 9.84 Å². The van der Waals surface area contributed by atoms with Gasteiger partial charge < -0.3 is 15.2 Å². The van der Waals surface area contributed by atoms with Crippen LogP contribution in [0.4, 0.5) is 0 Å². The van der Waals surface area contributed by atoms with Crippen LogP contribution < -0.4 is 5.32 Å². The van der Waals surface area contributed by atoms with E-state index < -0.39 is 5.97 Å². The van der Waals surface area contributed by atoms with Crippen molar-refractivity contribution in [1.29, 1.82) is 0 Å². The van der Waals surface area contributed by atoms with Crippen molar-refractivity contribution in [3.8, 4) is 0 Å². The maximum absolute atomic E-state index is 12.1. The third kappa shape index (κ3) is 6.37. The molecule has 1 unspecified atom stereocenters. The van der Waals surface area contributed by atoms with E-state index in [0.717, 1.165) is 51.6 Å². The lowest BCUT2D eigenvalue weighted by atomic mass is 9.84. The van der Waals surface area contributed by atoms with Crippen molar-refractivity contribution in [2.45, 2.75) is 58.3 Å². The van der Waals surface area contributed by atoms with E-state index in [1.807, 2.05) is 6.92 Å². The molecule has 0 radical (unpaired) electrons. The molecular weight excluding hydrogens is 258 g/mol. The summed E-state index contributed by atoms with van der Waals surface area (Å²) in [5.41, 5.74) is -0.361. The van der Waals surface area contributed by atoms with Crippen molar-refractivity contribution in [2.75, 3.05) is 19.8 Å². The zero-order chi connectivity index (χ0) is 14.8. The largest absolute Gasteiger partial charge is 0.481 e. The summed E-state index contributed by atoms with van der Waals surface area (Å²) < 4.78 is 5.39. The molecular formula is C15H27NO4. The van der Waals surface area contributed by atoms with Gasteiger partial charge in [0.15, 0.2) is 0 Å². The molecule has 0 aliphatic carbocycles. The monoisotopic (exact) mass is 285 g/mol. The second-order valence-corrected chi connectivity index (χ2v) is 5.88. The molecule has 5 nitrogen and oxygen atoms in total. The molecule has 0 bridgehead atoms. The van der Waals surface area contributed by atoms with Crippen LogP contribution in [-0.4, -0.2) is 36.7 Å². The summed E-state index contributed by atoms with van der Waals surface area (Å²) in [4.78, 5) is 22.4. The Bertz CT molecular complexity index is 311. The maximum Gasteiger partial charge on any atom is 0.303 e. The minimum atomic E-state index is -0.722. The van der Waals surface area contributed by atoms with Gasteiger partial charge >= 0.3 is 5.97 Å². The molecule has 1 fully saturated rings. The minimum absolute atomic E-state index is 0.100. The molecule has 116 valence electrons. The second-order valence-electron chi connectivity index (χ2n) is 5.88. The van der Waals surface area contributed by atoms with Gasteiger partial charge in [-0.25, -0.2) is 0 Å². The van der Waals surface area contributed by atoms with E-state index in [0.29, 0.717) is 13.2 Å².